The molecular weight excluding hydrogens is 294 g/mol. The van der Waals surface area contributed by atoms with E-state index >= 15 is 0 Å². The fraction of sp³-hybridized carbons (Fsp3) is 0.231. The Kier molecular flexibility index (Phi) is 4.10. The molecule has 0 bridgehead atoms. The van der Waals surface area contributed by atoms with E-state index in [0.29, 0.717) is 11.4 Å². The Morgan fingerprint density at radius 2 is 2.05 bits per heavy atom. The number of para-hydroxylation sites is 1. The highest BCUT2D eigenvalue weighted by Crippen LogP contribution is 2.15. The summed E-state index contributed by atoms with van der Waals surface area (Å²) < 4.78 is 25.5. The zero-order chi connectivity index (χ0) is 15.6. The van der Waals surface area contributed by atoms with E-state index in [1.54, 1.807) is 29.0 Å². The van der Waals surface area contributed by atoms with Gasteiger partial charge < -0.3 is 9.67 Å². The second-order valence-electron chi connectivity index (χ2n) is 4.61. The van der Waals surface area contributed by atoms with Crippen molar-refractivity contribution in [3.63, 3.8) is 0 Å². The molecule has 0 radical (unpaired) electrons. The summed E-state index contributed by atoms with van der Waals surface area (Å²) in [5.41, 5.74) is 1.16. The Morgan fingerprint density at radius 3 is 2.67 bits per heavy atom. The monoisotopic (exact) mass is 309 g/mol. The molecule has 1 aromatic heterocycles. The molecule has 0 aliphatic rings. The standard InChI is InChI=1S/C13H15N3O4S/c1-15(21(2,19)20)7-10-8-16(9-14-10)12-6-4-3-5-11(12)13(17)18/h3-6,8-9H,7H2,1-2H3,(H,17,18). The van der Waals surface area contributed by atoms with Crippen LogP contribution in [-0.4, -0.2) is 46.7 Å². The van der Waals surface area contributed by atoms with Crippen molar-refractivity contribution in [2.75, 3.05) is 13.3 Å². The van der Waals surface area contributed by atoms with Crippen LogP contribution in [0, 0.1) is 0 Å². The minimum absolute atomic E-state index is 0.126. The third kappa shape index (κ3) is 3.47. The normalized spacial score (nSPS) is 11.8. The number of hydrogen-bond acceptors (Lipinski definition) is 4. The molecule has 21 heavy (non-hydrogen) atoms. The van der Waals surface area contributed by atoms with Gasteiger partial charge >= 0.3 is 5.97 Å². The van der Waals surface area contributed by atoms with Crippen molar-refractivity contribution in [1.29, 1.82) is 0 Å². The third-order valence-corrected chi connectivity index (χ3v) is 4.26. The lowest BCUT2D eigenvalue weighted by atomic mass is 10.2. The van der Waals surface area contributed by atoms with Crippen LogP contribution < -0.4 is 0 Å². The molecule has 2 rings (SSSR count). The summed E-state index contributed by atoms with van der Waals surface area (Å²) in [5, 5.41) is 9.16. The summed E-state index contributed by atoms with van der Waals surface area (Å²) in [5.74, 6) is -1.03. The van der Waals surface area contributed by atoms with E-state index in [9.17, 15) is 13.2 Å². The molecule has 8 heteroatoms. The van der Waals surface area contributed by atoms with E-state index in [-0.39, 0.29) is 12.1 Å². The largest absolute Gasteiger partial charge is 0.478 e. The van der Waals surface area contributed by atoms with E-state index in [4.69, 9.17) is 5.11 Å². The van der Waals surface area contributed by atoms with Crippen LogP contribution in [0.1, 0.15) is 16.1 Å². The molecule has 0 fully saturated rings. The van der Waals surface area contributed by atoms with Gasteiger partial charge in [-0.2, -0.15) is 4.31 Å². The van der Waals surface area contributed by atoms with E-state index in [0.717, 1.165) is 6.26 Å². The molecule has 0 unspecified atom stereocenters. The topological polar surface area (TPSA) is 92.5 Å². The van der Waals surface area contributed by atoms with Crippen molar-refractivity contribution in [3.8, 4) is 5.69 Å². The SMILES string of the molecule is CN(Cc1cn(-c2ccccc2C(=O)O)cn1)S(C)(=O)=O. The lowest BCUT2D eigenvalue weighted by Gasteiger charge is -2.11. The number of carbonyl (C=O) groups is 1. The van der Waals surface area contributed by atoms with Gasteiger partial charge in [0.05, 0.1) is 36.1 Å². The van der Waals surface area contributed by atoms with Gasteiger partial charge in [-0.1, -0.05) is 12.1 Å². The smallest absolute Gasteiger partial charge is 0.337 e. The number of carboxylic acids is 1. The first kappa shape index (κ1) is 15.2. The highest BCUT2D eigenvalue weighted by atomic mass is 32.2. The van der Waals surface area contributed by atoms with Gasteiger partial charge in [0.1, 0.15) is 0 Å². The van der Waals surface area contributed by atoms with Crippen LogP contribution in [0.2, 0.25) is 0 Å². The predicted molar refractivity (Wildman–Crippen MR) is 76.8 cm³/mol. The molecule has 0 spiro atoms. The van der Waals surface area contributed by atoms with Gasteiger partial charge in [-0.15, -0.1) is 0 Å². The second-order valence-corrected chi connectivity index (χ2v) is 6.70. The van der Waals surface area contributed by atoms with E-state index in [1.165, 1.54) is 23.7 Å². The van der Waals surface area contributed by atoms with Gasteiger partial charge in [-0.25, -0.2) is 18.2 Å². The number of hydrogen-bond donors (Lipinski definition) is 1. The van der Waals surface area contributed by atoms with Gasteiger partial charge in [0.2, 0.25) is 10.0 Å². The zero-order valence-electron chi connectivity index (χ0n) is 11.6. The number of carboxylic acid groups (broad SMARTS) is 1. The molecule has 0 aliphatic carbocycles. The fourth-order valence-corrected chi connectivity index (χ4v) is 2.17. The number of benzene rings is 1. The number of nitrogens with zero attached hydrogens (tertiary/aromatic N) is 3. The maximum Gasteiger partial charge on any atom is 0.337 e. The van der Waals surface area contributed by atoms with Crippen molar-refractivity contribution < 1.29 is 18.3 Å². The average molecular weight is 309 g/mol. The number of aromatic nitrogens is 2. The Morgan fingerprint density at radius 1 is 1.38 bits per heavy atom. The summed E-state index contributed by atoms with van der Waals surface area (Å²) in [6.45, 7) is 0.126. The first-order chi connectivity index (χ1) is 9.79. The Hall–Kier alpha value is -2.19. The average Bonchev–Trinajstić information content (AvgIpc) is 2.86. The minimum atomic E-state index is -3.29. The Balaban J connectivity index is 2.31. The van der Waals surface area contributed by atoms with E-state index in [2.05, 4.69) is 4.98 Å². The summed E-state index contributed by atoms with van der Waals surface area (Å²) in [6, 6.07) is 6.53. The first-order valence-electron chi connectivity index (χ1n) is 6.06. The van der Waals surface area contributed by atoms with Gasteiger partial charge in [-0.3, -0.25) is 0 Å². The van der Waals surface area contributed by atoms with Crippen molar-refractivity contribution in [2.45, 2.75) is 6.54 Å². The molecular formula is C13H15N3O4S. The molecule has 0 amide bonds. The Bertz CT molecular complexity index is 767. The molecule has 0 saturated heterocycles. The first-order valence-corrected chi connectivity index (χ1v) is 7.91. The molecule has 7 nitrogen and oxygen atoms in total. The second kappa shape index (κ2) is 5.66. The lowest BCUT2D eigenvalue weighted by molar-refractivity contribution is 0.0697. The van der Waals surface area contributed by atoms with Gasteiger partial charge in [0.25, 0.3) is 0 Å². The number of aromatic carboxylic acids is 1. The molecule has 112 valence electrons. The van der Waals surface area contributed by atoms with Crippen LogP contribution in [0.4, 0.5) is 0 Å². The molecule has 0 atom stereocenters. The number of sulfonamides is 1. The summed E-state index contributed by atoms with van der Waals surface area (Å²) in [6.07, 6.45) is 4.19. The van der Waals surface area contributed by atoms with E-state index in [1.807, 2.05) is 0 Å². The van der Waals surface area contributed by atoms with Gasteiger partial charge in [0.15, 0.2) is 0 Å². The number of imidazole rings is 1. The quantitative estimate of drug-likeness (QED) is 0.888. The molecule has 1 heterocycles. The third-order valence-electron chi connectivity index (χ3n) is 3.00. The molecule has 2 aromatic rings. The van der Waals surface area contributed by atoms with Crippen LogP contribution in [0.25, 0.3) is 5.69 Å². The van der Waals surface area contributed by atoms with Gasteiger partial charge in [0, 0.05) is 13.2 Å². The van der Waals surface area contributed by atoms with Crippen LogP contribution in [0.3, 0.4) is 0 Å². The van der Waals surface area contributed by atoms with Crippen LogP contribution in [-0.2, 0) is 16.6 Å². The summed E-state index contributed by atoms with van der Waals surface area (Å²) >= 11 is 0. The molecule has 1 aromatic carbocycles. The van der Waals surface area contributed by atoms with E-state index < -0.39 is 16.0 Å². The van der Waals surface area contributed by atoms with Crippen molar-refractivity contribution in [1.82, 2.24) is 13.9 Å². The van der Waals surface area contributed by atoms with Gasteiger partial charge in [-0.05, 0) is 12.1 Å². The van der Waals surface area contributed by atoms with Crippen molar-refractivity contribution >= 4 is 16.0 Å². The molecule has 1 N–H and O–H groups in total. The highest BCUT2D eigenvalue weighted by Gasteiger charge is 2.15. The summed E-state index contributed by atoms with van der Waals surface area (Å²) in [7, 11) is -1.83. The molecule has 0 saturated carbocycles. The van der Waals surface area contributed by atoms with Crippen LogP contribution in [0.15, 0.2) is 36.8 Å². The predicted octanol–water partition coefficient (Wildman–Crippen LogP) is 0.962. The maximum absolute atomic E-state index is 11.4. The van der Waals surface area contributed by atoms with Crippen LogP contribution >= 0.6 is 0 Å². The van der Waals surface area contributed by atoms with Crippen molar-refractivity contribution in [3.05, 3.63) is 48.0 Å². The summed E-state index contributed by atoms with van der Waals surface area (Å²) in [4.78, 5) is 15.3. The minimum Gasteiger partial charge on any atom is -0.478 e. The maximum atomic E-state index is 11.4. The molecule has 0 aliphatic heterocycles. The zero-order valence-corrected chi connectivity index (χ0v) is 12.4. The van der Waals surface area contributed by atoms with Crippen LogP contribution in [0.5, 0.6) is 0 Å². The lowest BCUT2D eigenvalue weighted by Crippen LogP contribution is -2.25. The van der Waals surface area contributed by atoms with Crippen molar-refractivity contribution in [2.24, 2.45) is 0 Å². The number of rotatable bonds is 5. The highest BCUT2D eigenvalue weighted by molar-refractivity contribution is 7.88. The fourth-order valence-electron chi connectivity index (χ4n) is 1.80. The Labute approximate surface area is 122 Å².